The van der Waals surface area contributed by atoms with Crippen LogP contribution in [0.2, 0.25) is 0 Å². The van der Waals surface area contributed by atoms with Gasteiger partial charge in [-0.2, -0.15) is 0 Å². The average molecular weight is 570 g/mol. The molecule has 3 rings (SSSR count). The largest absolute Gasteiger partial charge is 0.480 e. The van der Waals surface area contributed by atoms with Gasteiger partial charge in [-0.3, -0.25) is 24.0 Å². The van der Waals surface area contributed by atoms with E-state index in [1.165, 1.54) is 12.5 Å². The van der Waals surface area contributed by atoms with Crippen molar-refractivity contribution in [1.29, 1.82) is 0 Å². The number of carbonyl (C=O) groups excluding carboxylic acids is 5. The minimum Gasteiger partial charge on any atom is -0.480 e. The standard InChI is InChI=1S/C25H31N9O7/c26-15(7-20(27)35)22(37)32-17(6-13-10-29-11-31-13)23(38)33-18(8-21(28)36)24(39)34-19(25(40)41)5-12-9-30-16-4-2-1-3-14(12)16/h1-4,9-11,15,17-19,30H,5-8,26H2,(H2,27,35)(H2,28,36)(H,29,31)(H,32,37)(H,33,38)(H,34,39)(H,40,41). The van der Waals surface area contributed by atoms with Crippen molar-refractivity contribution in [3.63, 3.8) is 0 Å². The molecule has 218 valence electrons. The number of hydrogen-bond donors (Lipinski definition) is 9. The first-order chi connectivity index (χ1) is 19.4. The van der Waals surface area contributed by atoms with E-state index in [4.69, 9.17) is 17.2 Å². The van der Waals surface area contributed by atoms with Gasteiger partial charge < -0.3 is 48.2 Å². The summed E-state index contributed by atoms with van der Waals surface area (Å²) in [5, 5.41) is 17.6. The molecule has 0 spiro atoms. The highest BCUT2D eigenvalue weighted by Gasteiger charge is 2.32. The third-order valence-corrected chi connectivity index (χ3v) is 6.12. The third-order valence-electron chi connectivity index (χ3n) is 6.12. The number of aromatic nitrogens is 3. The smallest absolute Gasteiger partial charge is 0.326 e. The van der Waals surface area contributed by atoms with Gasteiger partial charge in [0, 0.05) is 41.8 Å². The van der Waals surface area contributed by atoms with Crippen LogP contribution in [0.4, 0.5) is 0 Å². The Labute approximate surface area is 232 Å². The van der Waals surface area contributed by atoms with Crippen LogP contribution < -0.4 is 33.2 Å². The van der Waals surface area contributed by atoms with Crippen molar-refractivity contribution < 1.29 is 33.9 Å². The number of nitrogens with one attached hydrogen (secondary N) is 5. The fraction of sp³-hybridized carbons (Fsp3) is 0.320. The van der Waals surface area contributed by atoms with Crippen molar-refractivity contribution in [1.82, 2.24) is 30.9 Å². The molecular formula is C25H31N9O7. The molecule has 3 aromatic rings. The Bertz CT molecular complexity index is 1420. The van der Waals surface area contributed by atoms with Gasteiger partial charge >= 0.3 is 5.97 Å². The van der Waals surface area contributed by atoms with Gasteiger partial charge in [0.05, 0.1) is 25.2 Å². The van der Waals surface area contributed by atoms with Crippen LogP contribution in [0.25, 0.3) is 10.9 Å². The Morgan fingerprint density at radius 2 is 1.46 bits per heavy atom. The molecule has 16 heteroatoms. The number of H-pyrrole nitrogens is 2. The second-order valence-electron chi connectivity index (χ2n) is 9.31. The molecule has 2 heterocycles. The molecule has 5 amide bonds. The van der Waals surface area contributed by atoms with E-state index in [0.717, 1.165) is 10.9 Å². The lowest BCUT2D eigenvalue weighted by Crippen LogP contribution is -2.58. The lowest BCUT2D eigenvalue weighted by atomic mass is 10.0. The monoisotopic (exact) mass is 569 g/mol. The molecular weight excluding hydrogens is 538 g/mol. The molecule has 0 fully saturated rings. The molecule has 4 unspecified atom stereocenters. The molecule has 1 aromatic carbocycles. The van der Waals surface area contributed by atoms with Crippen LogP contribution in [0.5, 0.6) is 0 Å². The maximum Gasteiger partial charge on any atom is 0.326 e. The number of carbonyl (C=O) groups is 6. The number of rotatable bonds is 15. The molecule has 0 bridgehead atoms. The van der Waals surface area contributed by atoms with Gasteiger partial charge in [0.1, 0.15) is 18.1 Å². The zero-order chi connectivity index (χ0) is 30.1. The number of benzene rings is 1. The number of fused-ring (bicyclic) bond motifs is 1. The van der Waals surface area contributed by atoms with Crippen LogP contribution in [0.15, 0.2) is 43.0 Å². The van der Waals surface area contributed by atoms with Crippen LogP contribution in [0.3, 0.4) is 0 Å². The molecule has 0 radical (unpaired) electrons. The van der Waals surface area contributed by atoms with E-state index in [2.05, 4.69) is 30.9 Å². The van der Waals surface area contributed by atoms with E-state index >= 15 is 0 Å². The molecule has 0 saturated carbocycles. The summed E-state index contributed by atoms with van der Waals surface area (Å²) in [6.07, 6.45) is 2.98. The number of amides is 5. The first-order valence-electron chi connectivity index (χ1n) is 12.4. The van der Waals surface area contributed by atoms with Crippen molar-refractivity contribution in [3.05, 3.63) is 54.2 Å². The lowest BCUT2D eigenvalue weighted by Gasteiger charge is -2.24. The average Bonchev–Trinajstić information content (AvgIpc) is 3.56. The second-order valence-corrected chi connectivity index (χ2v) is 9.31. The number of aromatic amines is 2. The number of aliphatic carboxylic acids is 1. The molecule has 0 aliphatic heterocycles. The van der Waals surface area contributed by atoms with Crippen molar-refractivity contribution in [2.45, 2.75) is 49.9 Å². The number of nitrogens with zero attached hydrogens (tertiary/aromatic N) is 1. The quantitative estimate of drug-likeness (QED) is 0.0918. The SMILES string of the molecule is NC(=O)CC(N)C(=O)NC(Cc1cnc[nH]1)C(=O)NC(CC(N)=O)C(=O)NC(Cc1c[nH]c2ccccc12)C(=O)O. The molecule has 16 nitrogen and oxygen atoms in total. The number of imidazole rings is 1. The zero-order valence-corrected chi connectivity index (χ0v) is 21.8. The molecule has 41 heavy (non-hydrogen) atoms. The molecule has 2 aromatic heterocycles. The predicted octanol–water partition coefficient (Wildman–Crippen LogP) is -2.71. The second kappa shape index (κ2) is 13.7. The summed E-state index contributed by atoms with van der Waals surface area (Å²) in [4.78, 5) is 83.4. The lowest BCUT2D eigenvalue weighted by molar-refractivity contribution is -0.142. The Kier molecular flexibility index (Phi) is 10.1. The van der Waals surface area contributed by atoms with Crippen LogP contribution in [0.1, 0.15) is 24.1 Å². The van der Waals surface area contributed by atoms with E-state index in [9.17, 15) is 33.9 Å². The van der Waals surface area contributed by atoms with Crippen molar-refractivity contribution >= 4 is 46.4 Å². The summed E-state index contributed by atoms with van der Waals surface area (Å²) in [5.41, 5.74) is 17.9. The first kappa shape index (κ1) is 30.3. The van der Waals surface area contributed by atoms with Gasteiger partial charge in [-0.1, -0.05) is 18.2 Å². The topological polar surface area (TPSA) is 281 Å². The fourth-order valence-electron chi connectivity index (χ4n) is 4.09. The van der Waals surface area contributed by atoms with E-state index < -0.39 is 72.5 Å². The van der Waals surface area contributed by atoms with Gasteiger partial charge in [0.15, 0.2) is 0 Å². The van der Waals surface area contributed by atoms with Crippen molar-refractivity contribution in [2.24, 2.45) is 17.2 Å². The highest BCUT2D eigenvalue weighted by molar-refractivity contribution is 5.97. The van der Waals surface area contributed by atoms with Crippen LogP contribution in [-0.4, -0.2) is 79.7 Å². The highest BCUT2D eigenvalue weighted by atomic mass is 16.4. The highest BCUT2D eigenvalue weighted by Crippen LogP contribution is 2.19. The molecule has 4 atom stereocenters. The minimum absolute atomic E-state index is 0.0986. The molecule has 0 aliphatic carbocycles. The number of para-hydroxylation sites is 1. The Hall–Kier alpha value is -5.25. The van der Waals surface area contributed by atoms with Gasteiger partial charge in [0.25, 0.3) is 0 Å². The van der Waals surface area contributed by atoms with Gasteiger partial charge in [-0.05, 0) is 11.6 Å². The van der Waals surface area contributed by atoms with E-state index in [-0.39, 0.29) is 12.8 Å². The molecule has 12 N–H and O–H groups in total. The maximum absolute atomic E-state index is 13.2. The zero-order valence-electron chi connectivity index (χ0n) is 21.8. The number of primary amides is 2. The number of nitrogens with two attached hydrogens (primary N) is 3. The molecule has 0 saturated heterocycles. The van der Waals surface area contributed by atoms with Crippen LogP contribution in [0, 0.1) is 0 Å². The number of carboxylic acid groups (broad SMARTS) is 1. The predicted molar refractivity (Wildman–Crippen MR) is 143 cm³/mol. The Morgan fingerprint density at radius 1 is 0.829 bits per heavy atom. The van der Waals surface area contributed by atoms with E-state index in [1.807, 2.05) is 12.1 Å². The summed E-state index contributed by atoms with van der Waals surface area (Å²) in [5.74, 6) is -5.90. The van der Waals surface area contributed by atoms with E-state index in [1.54, 1.807) is 18.3 Å². The summed E-state index contributed by atoms with van der Waals surface area (Å²) in [6, 6.07) is 1.51. The van der Waals surface area contributed by atoms with Gasteiger partial charge in [-0.15, -0.1) is 0 Å². The van der Waals surface area contributed by atoms with Gasteiger partial charge in [0.2, 0.25) is 29.5 Å². The summed E-state index contributed by atoms with van der Waals surface area (Å²) < 4.78 is 0. The first-order valence-corrected chi connectivity index (χ1v) is 12.4. The summed E-state index contributed by atoms with van der Waals surface area (Å²) >= 11 is 0. The number of carboxylic acids is 1. The normalized spacial score (nSPS) is 13.9. The van der Waals surface area contributed by atoms with Crippen molar-refractivity contribution in [2.75, 3.05) is 0 Å². The van der Waals surface area contributed by atoms with Crippen LogP contribution in [-0.2, 0) is 41.6 Å². The molecule has 0 aliphatic rings. The third kappa shape index (κ3) is 8.62. The summed E-state index contributed by atoms with van der Waals surface area (Å²) in [6.45, 7) is 0. The summed E-state index contributed by atoms with van der Waals surface area (Å²) in [7, 11) is 0. The Balaban J connectivity index is 1.77. The van der Waals surface area contributed by atoms with E-state index in [0.29, 0.717) is 11.3 Å². The van der Waals surface area contributed by atoms with Gasteiger partial charge in [-0.25, -0.2) is 9.78 Å². The Morgan fingerprint density at radius 3 is 2.10 bits per heavy atom. The minimum atomic E-state index is -1.58. The van der Waals surface area contributed by atoms with Crippen molar-refractivity contribution in [3.8, 4) is 0 Å². The van der Waals surface area contributed by atoms with Crippen LogP contribution >= 0.6 is 0 Å². The maximum atomic E-state index is 13.2. The fourth-order valence-corrected chi connectivity index (χ4v) is 4.09. The number of hydrogen-bond acceptors (Lipinski definition) is 8.